The van der Waals surface area contributed by atoms with Crippen molar-refractivity contribution in [2.75, 3.05) is 5.32 Å². The fraction of sp³-hybridized carbons (Fsp3) is 0.125. The highest BCUT2D eigenvalue weighted by molar-refractivity contribution is 6.30. The van der Waals surface area contributed by atoms with Gasteiger partial charge in [-0.15, -0.1) is 0 Å². The molecule has 106 valence electrons. The van der Waals surface area contributed by atoms with Crippen LogP contribution in [0.5, 0.6) is 5.75 Å². The van der Waals surface area contributed by atoms with E-state index in [9.17, 15) is 19.8 Å². The second-order valence-corrected chi connectivity index (χ2v) is 4.91. The van der Waals surface area contributed by atoms with Gasteiger partial charge in [0.1, 0.15) is 12.0 Å². The number of phenols is 1. The Morgan fingerprint density at radius 1 is 0.952 bits per heavy atom. The first-order valence-electron chi connectivity index (χ1n) is 6.49. The molecular weight excluding hydrogens is 270 g/mol. The molecule has 1 aliphatic carbocycles. The molecule has 0 spiro atoms. The predicted octanol–water partition coefficient (Wildman–Crippen LogP) is 1.92. The SMILES string of the molecule is CC(O)Nc1cccc2c1C(=O)c1cccc(O)c1C2=O. The van der Waals surface area contributed by atoms with Gasteiger partial charge in [-0.1, -0.05) is 24.3 Å². The van der Waals surface area contributed by atoms with Gasteiger partial charge in [0.15, 0.2) is 11.6 Å². The average molecular weight is 283 g/mol. The summed E-state index contributed by atoms with van der Waals surface area (Å²) in [4.78, 5) is 25.1. The zero-order chi connectivity index (χ0) is 15.1. The maximum absolute atomic E-state index is 12.6. The molecule has 21 heavy (non-hydrogen) atoms. The highest BCUT2D eigenvalue weighted by Crippen LogP contribution is 2.35. The van der Waals surface area contributed by atoms with Crippen molar-refractivity contribution in [1.29, 1.82) is 0 Å². The summed E-state index contributed by atoms with van der Waals surface area (Å²) >= 11 is 0. The number of nitrogens with one attached hydrogen (secondary N) is 1. The minimum atomic E-state index is -0.857. The number of carbonyl (C=O) groups is 2. The Labute approximate surface area is 120 Å². The van der Waals surface area contributed by atoms with Crippen LogP contribution >= 0.6 is 0 Å². The zero-order valence-corrected chi connectivity index (χ0v) is 11.3. The maximum Gasteiger partial charge on any atom is 0.198 e. The van der Waals surface area contributed by atoms with Crippen LogP contribution in [-0.4, -0.2) is 28.0 Å². The molecule has 1 aliphatic rings. The standard InChI is InChI=1S/C16H13NO4/c1-8(18)17-11-6-2-4-9-13(11)15(20)10-5-3-7-12(19)14(10)16(9)21/h2-8,17-19H,1H3. The zero-order valence-electron chi connectivity index (χ0n) is 11.3. The van der Waals surface area contributed by atoms with Gasteiger partial charge in [-0.05, 0) is 19.1 Å². The van der Waals surface area contributed by atoms with E-state index in [-0.39, 0.29) is 33.8 Å². The lowest BCUT2D eigenvalue weighted by Crippen LogP contribution is -2.24. The van der Waals surface area contributed by atoms with Crippen LogP contribution in [0.2, 0.25) is 0 Å². The molecule has 0 radical (unpaired) electrons. The minimum absolute atomic E-state index is 0.0317. The third-order valence-corrected chi connectivity index (χ3v) is 3.41. The molecule has 1 unspecified atom stereocenters. The van der Waals surface area contributed by atoms with Crippen LogP contribution in [-0.2, 0) is 0 Å². The Morgan fingerprint density at radius 2 is 1.52 bits per heavy atom. The fourth-order valence-corrected chi connectivity index (χ4v) is 2.57. The number of aromatic hydroxyl groups is 1. The van der Waals surface area contributed by atoms with Crippen molar-refractivity contribution in [2.45, 2.75) is 13.2 Å². The van der Waals surface area contributed by atoms with E-state index in [0.717, 1.165) is 0 Å². The summed E-state index contributed by atoms with van der Waals surface area (Å²) in [5.74, 6) is -0.948. The van der Waals surface area contributed by atoms with Gasteiger partial charge in [-0.2, -0.15) is 0 Å². The molecule has 0 aromatic heterocycles. The van der Waals surface area contributed by atoms with Crippen molar-refractivity contribution in [3.8, 4) is 5.75 Å². The molecule has 0 fully saturated rings. The van der Waals surface area contributed by atoms with E-state index in [0.29, 0.717) is 5.69 Å². The molecule has 0 bridgehead atoms. The van der Waals surface area contributed by atoms with E-state index >= 15 is 0 Å². The lowest BCUT2D eigenvalue weighted by Gasteiger charge is -2.22. The molecular formula is C16H13NO4. The van der Waals surface area contributed by atoms with Gasteiger partial charge in [0.2, 0.25) is 0 Å². The Bertz CT molecular complexity index is 765. The highest BCUT2D eigenvalue weighted by Gasteiger charge is 2.33. The van der Waals surface area contributed by atoms with Crippen molar-refractivity contribution >= 4 is 17.3 Å². The van der Waals surface area contributed by atoms with Crippen molar-refractivity contribution in [2.24, 2.45) is 0 Å². The number of aliphatic hydroxyl groups is 1. The molecule has 3 rings (SSSR count). The first-order chi connectivity index (χ1) is 10.0. The van der Waals surface area contributed by atoms with Gasteiger partial charge in [0, 0.05) is 16.8 Å². The monoisotopic (exact) mass is 283 g/mol. The number of fused-ring (bicyclic) bond motifs is 2. The summed E-state index contributed by atoms with van der Waals surface area (Å²) in [6, 6.07) is 9.21. The number of rotatable bonds is 2. The highest BCUT2D eigenvalue weighted by atomic mass is 16.3. The maximum atomic E-state index is 12.6. The lowest BCUT2D eigenvalue weighted by molar-refractivity contribution is 0.0977. The predicted molar refractivity (Wildman–Crippen MR) is 76.7 cm³/mol. The Kier molecular flexibility index (Phi) is 2.99. The number of hydrogen-bond donors (Lipinski definition) is 3. The molecule has 0 aliphatic heterocycles. The van der Waals surface area contributed by atoms with Crippen molar-refractivity contribution in [3.05, 3.63) is 58.7 Å². The topological polar surface area (TPSA) is 86.6 Å². The van der Waals surface area contributed by atoms with E-state index in [1.54, 1.807) is 12.1 Å². The first kappa shape index (κ1) is 13.3. The summed E-state index contributed by atoms with van der Waals surface area (Å²) in [5, 5.41) is 22.1. The second kappa shape index (κ2) is 4.71. The van der Waals surface area contributed by atoms with Crippen LogP contribution in [0.25, 0.3) is 0 Å². The summed E-state index contributed by atoms with van der Waals surface area (Å²) in [5.41, 5.74) is 1.05. The van der Waals surface area contributed by atoms with E-state index in [1.807, 2.05) is 0 Å². The molecule has 2 aromatic carbocycles. The first-order valence-corrected chi connectivity index (χ1v) is 6.49. The van der Waals surface area contributed by atoms with Crippen LogP contribution < -0.4 is 5.32 Å². The second-order valence-electron chi connectivity index (χ2n) is 4.91. The quantitative estimate of drug-likeness (QED) is 0.625. The molecule has 1 atom stereocenters. The van der Waals surface area contributed by atoms with Gasteiger partial charge in [0.25, 0.3) is 0 Å². The Balaban J connectivity index is 2.26. The fourth-order valence-electron chi connectivity index (χ4n) is 2.57. The van der Waals surface area contributed by atoms with Gasteiger partial charge in [-0.25, -0.2) is 0 Å². The van der Waals surface area contributed by atoms with Crippen LogP contribution in [0, 0.1) is 0 Å². The number of benzene rings is 2. The third kappa shape index (κ3) is 1.98. The van der Waals surface area contributed by atoms with Gasteiger partial charge < -0.3 is 15.5 Å². The van der Waals surface area contributed by atoms with Gasteiger partial charge >= 0.3 is 0 Å². The number of carbonyl (C=O) groups excluding carboxylic acids is 2. The smallest absolute Gasteiger partial charge is 0.198 e. The summed E-state index contributed by atoms with van der Waals surface area (Å²) in [6.45, 7) is 1.52. The largest absolute Gasteiger partial charge is 0.507 e. The van der Waals surface area contributed by atoms with Crippen LogP contribution in [0.3, 0.4) is 0 Å². The number of anilines is 1. The average Bonchev–Trinajstić information content (AvgIpc) is 2.44. The van der Waals surface area contributed by atoms with E-state index < -0.39 is 12.0 Å². The summed E-state index contributed by atoms with van der Waals surface area (Å²) < 4.78 is 0. The Morgan fingerprint density at radius 3 is 2.19 bits per heavy atom. The molecule has 0 saturated heterocycles. The molecule has 0 amide bonds. The summed E-state index contributed by atoms with van der Waals surface area (Å²) in [7, 11) is 0. The van der Waals surface area contributed by atoms with Gasteiger partial charge in [-0.3, -0.25) is 9.59 Å². The number of aliphatic hydroxyl groups excluding tert-OH is 1. The van der Waals surface area contributed by atoms with Crippen LogP contribution in [0.1, 0.15) is 38.8 Å². The molecule has 3 N–H and O–H groups in total. The van der Waals surface area contributed by atoms with Crippen LogP contribution in [0.15, 0.2) is 36.4 Å². The molecule has 5 nitrogen and oxygen atoms in total. The van der Waals surface area contributed by atoms with Crippen molar-refractivity contribution in [1.82, 2.24) is 0 Å². The molecule has 5 heteroatoms. The van der Waals surface area contributed by atoms with Crippen LogP contribution in [0.4, 0.5) is 5.69 Å². The number of ketones is 2. The lowest BCUT2D eigenvalue weighted by atomic mass is 9.82. The number of hydrogen-bond acceptors (Lipinski definition) is 5. The van der Waals surface area contributed by atoms with Crippen molar-refractivity contribution < 1.29 is 19.8 Å². The summed E-state index contributed by atoms with van der Waals surface area (Å²) in [6.07, 6.45) is -0.857. The van der Waals surface area contributed by atoms with E-state index in [1.165, 1.54) is 31.2 Å². The van der Waals surface area contributed by atoms with Crippen molar-refractivity contribution in [3.63, 3.8) is 0 Å². The molecule has 0 saturated carbocycles. The number of phenolic OH excluding ortho intramolecular Hbond substituents is 1. The Hall–Kier alpha value is -2.66. The third-order valence-electron chi connectivity index (χ3n) is 3.41. The minimum Gasteiger partial charge on any atom is -0.507 e. The van der Waals surface area contributed by atoms with E-state index in [2.05, 4.69) is 5.32 Å². The molecule has 2 aromatic rings. The van der Waals surface area contributed by atoms with E-state index in [4.69, 9.17) is 0 Å². The normalized spacial score (nSPS) is 14.4. The van der Waals surface area contributed by atoms with Gasteiger partial charge in [0.05, 0.1) is 11.1 Å². The molecule has 0 heterocycles.